The van der Waals surface area contributed by atoms with Crippen LogP contribution in [0.3, 0.4) is 0 Å². The summed E-state index contributed by atoms with van der Waals surface area (Å²) < 4.78 is 0. The molecular formula is C11H22N2O2. The standard InChI is InChI=1S/C11H22N2O2/c1-9(11(14)15)12-7-6-10-5-3-4-8-13(10)2/h9-10,12H,3-8H2,1-2H3,(H,14,15)/t9-,10?/m0/s1. The molecule has 0 bridgehead atoms. The molecule has 88 valence electrons. The van der Waals surface area contributed by atoms with Gasteiger partial charge in [-0.25, -0.2) is 0 Å². The van der Waals surface area contributed by atoms with Gasteiger partial charge in [0.15, 0.2) is 0 Å². The maximum absolute atomic E-state index is 10.6. The van der Waals surface area contributed by atoms with Crippen molar-refractivity contribution in [1.29, 1.82) is 0 Å². The van der Waals surface area contributed by atoms with Gasteiger partial charge in [0.2, 0.25) is 0 Å². The number of nitrogens with one attached hydrogen (secondary N) is 1. The van der Waals surface area contributed by atoms with Crippen molar-refractivity contribution < 1.29 is 9.90 Å². The topological polar surface area (TPSA) is 52.6 Å². The first-order chi connectivity index (χ1) is 7.11. The van der Waals surface area contributed by atoms with E-state index in [0.717, 1.165) is 13.0 Å². The van der Waals surface area contributed by atoms with Crippen molar-refractivity contribution in [1.82, 2.24) is 10.2 Å². The number of rotatable bonds is 5. The molecule has 1 rings (SSSR count). The quantitative estimate of drug-likeness (QED) is 0.714. The van der Waals surface area contributed by atoms with Crippen LogP contribution < -0.4 is 5.32 Å². The molecular weight excluding hydrogens is 192 g/mol. The maximum Gasteiger partial charge on any atom is 0.320 e. The van der Waals surface area contributed by atoms with E-state index in [0.29, 0.717) is 6.04 Å². The fourth-order valence-corrected chi connectivity index (χ4v) is 2.06. The van der Waals surface area contributed by atoms with Crippen LogP contribution in [0, 0.1) is 0 Å². The third-order valence-corrected chi connectivity index (χ3v) is 3.22. The largest absolute Gasteiger partial charge is 0.480 e. The van der Waals surface area contributed by atoms with Crippen LogP contribution in [-0.2, 0) is 4.79 Å². The fourth-order valence-electron chi connectivity index (χ4n) is 2.06. The van der Waals surface area contributed by atoms with Crippen LogP contribution in [0.15, 0.2) is 0 Å². The molecule has 0 aromatic heterocycles. The fraction of sp³-hybridized carbons (Fsp3) is 0.909. The van der Waals surface area contributed by atoms with E-state index in [1.807, 2.05) is 0 Å². The van der Waals surface area contributed by atoms with Gasteiger partial charge in [0, 0.05) is 6.04 Å². The number of carboxylic acids is 1. The summed E-state index contributed by atoms with van der Waals surface area (Å²) in [6.07, 6.45) is 4.91. The first-order valence-electron chi connectivity index (χ1n) is 5.77. The van der Waals surface area contributed by atoms with Gasteiger partial charge in [0.1, 0.15) is 6.04 Å². The highest BCUT2D eigenvalue weighted by molar-refractivity contribution is 5.72. The number of carboxylic acid groups (broad SMARTS) is 1. The molecule has 1 saturated heterocycles. The molecule has 0 aromatic carbocycles. The van der Waals surface area contributed by atoms with E-state index in [-0.39, 0.29) is 0 Å². The minimum atomic E-state index is -0.771. The SMILES string of the molecule is C[C@H](NCCC1CCCCN1C)C(=O)O. The molecule has 0 aromatic rings. The molecule has 0 amide bonds. The number of likely N-dealkylation sites (tertiary alicyclic amines) is 1. The summed E-state index contributed by atoms with van der Waals surface area (Å²) in [5.74, 6) is -0.771. The normalized spacial score (nSPS) is 25.1. The lowest BCUT2D eigenvalue weighted by Crippen LogP contribution is -2.40. The zero-order valence-electron chi connectivity index (χ0n) is 9.70. The lowest BCUT2D eigenvalue weighted by molar-refractivity contribution is -0.139. The average molecular weight is 214 g/mol. The van der Waals surface area contributed by atoms with E-state index >= 15 is 0 Å². The Bertz CT molecular complexity index is 209. The maximum atomic E-state index is 10.6. The van der Waals surface area contributed by atoms with Crippen molar-refractivity contribution in [3.63, 3.8) is 0 Å². The molecule has 1 aliphatic rings. The predicted molar refractivity (Wildman–Crippen MR) is 60.0 cm³/mol. The molecule has 0 spiro atoms. The Labute approximate surface area is 91.6 Å². The summed E-state index contributed by atoms with van der Waals surface area (Å²) in [5.41, 5.74) is 0. The van der Waals surface area contributed by atoms with Gasteiger partial charge in [-0.2, -0.15) is 0 Å². The average Bonchev–Trinajstić information content (AvgIpc) is 2.20. The zero-order chi connectivity index (χ0) is 11.3. The number of carbonyl (C=O) groups is 1. The van der Waals surface area contributed by atoms with Gasteiger partial charge in [-0.15, -0.1) is 0 Å². The molecule has 2 atom stereocenters. The van der Waals surface area contributed by atoms with E-state index in [9.17, 15) is 4.79 Å². The highest BCUT2D eigenvalue weighted by Crippen LogP contribution is 2.16. The Morgan fingerprint density at radius 1 is 1.60 bits per heavy atom. The van der Waals surface area contributed by atoms with Gasteiger partial charge in [0.05, 0.1) is 0 Å². The van der Waals surface area contributed by atoms with Gasteiger partial charge in [-0.1, -0.05) is 6.42 Å². The highest BCUT2D eigenvalue weighted by Gasteiger charge is 2.18. The van der Waals surface area contributed by atoms with E-state index in [4.69, 9.17) is 5.11 Å². The molecule has 0 aliphatic carbocycles. The Morgan fingerprint density at radius 2 is 2.33 bits per heavy atom. The molecule has 1 fully saturated rings. The van der Waals surface area contributed by atoms with Crippen LogP contribution in [-0.4, -0.2) is 48.2 Å². The smallest absolute Gasteiger partial charge is 0.320 e. The molecule has 4 heteroatoms. The number of piperidine rings is 1. The van der Waals surface area contributed by atoms with Crippen LogP contribution in [0.1, 0.15) is 32.6 Å². The molecule has 0 radical (unpaired) electrons. The van der Waals surface area contributed by atoms with Gasteiger partial charge in [-0.3, -0.25) is 4.79 Å². The van der Waals surface area contributed by atoms with Gasteiger partial charge < -0.3 is 15.3 Å². The molecule has 2 N–H and O–H groups in total. The number of hydrogen-bond donors (Lipinski definition) is 2. The van der Waals surface area contributed by atoms with Crippen LogP contribution in [0.4, 0.5) is 0 Å². The summed E-state index contributed by atoms with van der Waals surface area (Å²) >= 11 is 0. The third-order valence-electron chi connectivity index (χ3n) is 3.22. The molecule has 15 heavy (non-hydrogen) atoms. The summed E-state index contributed by atoms with van der Waals surface area (Å²) in [7, 11) is 2.16. The summed E-state index contributed by atoms with van der Waals surface area (Å²) in [6, 6.07) is 0.200. The van der Waals surface area contributed by atoms with Crippen molar-refractivity contribution in [2.75, 3.05) is 20.1 Å². The molecule has 1 aliphatic heterocycles. The molecule has 4 nitrogen and oxygen atoms in total. The highest BCUT2D eigenvalue weighted by atomic mass is 16.4. The Morgan fingerprint density at radius 3 is 2.93 bits per heavy atom. The van der Waals surface area contributed by atoms with Gasteiger partial charge in [-0.05, 0) is 46.3 Å². The lowest BCUT2D eigenvalue weighted by Gasteiger charge is -2.32. The first kappa shape index (κ1) is 12.5. The minimum Gasteiger partial charge on any atom is -0.480 e. The predicted octanol–water partition coefficient (Wildman–Crippen LogP) is 0.923. The van der Waals surface area contributed by atoms with Crippen molar-refractivity contribution in [2.24, 2.45) is 0 Å². The van der Waals surface area contributed by atoms with Crippen LogP contribution in [0.2, 0.25) is 0 Å². The van der Waals surface area contributed by atoms with Crippen molar-refractivity contribution >= 4 is 5.97 Å². The third kappa shape index (κ3) is 4.18. The van der Waals surface area contributed by atoms with Gasteiger partial charge in [0.25, 0.3) is 0 Å². The van der Waals surface area contributed by atoms with E-state index in [1.165, 1.54) is 25.8 Å². The molecule has 0 saturated carbocycles. The Balaban J connectivity index is 2.16. The second-order valence-electron chi connectivity index (χ2n) is 4.43. The number of hydrogen-bond acceptors (Lipinski definition) is 3. The monoisotopic (exact) mass is 214 g/mol. The number of aliphatic carboxylic acids is 1. The summed E-state index contributed by atoms with van der Waals surface area (Å²) in [5, 5.41) is 11.7. The van der Waals surface area contributed by atoms with E-state index in [1.54, 1.807) is 6.92 Å². The van der Waals surface area contributed by atoms with Crippen LogP contribution in [0.25, 0.3) is 0 Å². The Kier molecular flexibility index (Phi) is 5.05. The second-order valence-corrected chi connectivity index (χ2v) is 4.43. The number of nitrogens with zero attached hydrogens (tertiary/aromatic N) is 1. The van der Waals surface area contributed by atoms with Crippen LogP contribution >= 0.6 is 0 Å². The van der Waals surface area contributed by atoms with Gasteiger partial charge >= 0.3 is 5.97 Å². The molecule has 1 heterocycles. The second kappa shape index (κ2) is 6.08. The lowest BCUT2D eigenvalue weighted by atomic mass is 10.00. The zero-order valence-corrected chi connectivity index (χ0v) is 9.70. The van der Waals surface area contributed by atoms with Crippen LogP contribution in [0.5, 0.6) is 0 Å². The van der Waals surface area contributed by atoms with E-state index < -0.39 is 12.0 Å². The molecule has 1 unspecified atom stereocenters. The summed E-state index contributed by atoms with van der Waals surface area (Å²) in [4.78, 5) is 13.0. The summed E-state index contributed by atoms with van der Waals surface area (Å²) in [6.45, 7) is 3.66. The van der Waals surface area contributed by atoms with Crippen molar-refractivity contribution in [3.8, 4) is 0 Å². The minimum absolute atomic E-state index is 0.432. The van der Waals surface area contributed by atoms with Crippen molar-refractivity contribution in [3.05, 3.63) is 0 Å². The first-order valence-corrected chi connectivity index (χ1v) is 5.77. The van der Waals surface area contributed by atoms with E-state index in [2.05, 4.69) is 17.3 Å². The van der Waals surface area contributed by atoms with Crippen molar-refractivity contribution in [2.45, 2.75) is 44.7 Å². The Hall–Kier alpha value is -0.610.